The SMILES string of the molecule is CC.CCn1nccc1-c1ccc(C(CO)NC(=O)C2CC(O)CN2C(=O)C(C)C(C)C)cc1. The van der Waals surface area contributed by atoms with Gasteiger partial charge in [-0.1, -0.05) is 58.9 Å². The third-order valence-electron chi connectivity index (χ3n) is 6.38. The Kier molecular flexibility index (Phi) is 10.3. The lowest BCUT2D eigenvalue weighted by atomic mass is 9.96. The van der Waals surface area contributed by atoms with Crippen molar-refractivity contribution in [2.24, 2.45) is 11.8 Å². The second-order valence-electron chi connectivity index (χ2n) is 8.83. The molecule has 1 fully saturated rings. The van der Waals surface area contributed by atoms with Crippen LogP contribution in [0.1, 0.15) is 59.6 Å². The largest absolute Gasteiger partial charge is 0.394 e. The van der Waals surface area contributed by atoms with Crippen LogP contribution in [0.15, 0.2) is 36.5 Å². The zero-order valence-corrected chi connectivity index (χ0v) is 21.2. The summed E-state index contributed by atoms with van der Waals surface area (Å²) in [6, 6.07) is 8.21. The molecule has 34 heavy (non-hydrogen) atoms. The summed E-state index contributed by atoms with van der Waals surface area (Å²) in [6.45, 7) is 12.4. The number of β-amino-alcohol motifs (C(OH)–C–C–N with tert-alkyl or cyclic N) is 1. The molecule has 2 aromatic rings. The predicted molar refractivity (Wildman–Crippen MR) is 133 cm³/mol. The van der Waals surface area contributed by atoms with Crippen LogP contribution in [0.3, 0.4) is 0 Å². The van der Waals surface area contributed by atoms with Crippen LogP contribution >= 0.6 is 0 Å². The molecule has 4 atom stereocenters. The Hall–Kier alpha value is -2.71. The summed E-state index contributed by atoms with van der Waals surface area (Å²) in [4.78, 5) is 27.4. The van der Waals surface area contributed by atoms with Gasteiger partial charge in [0.1, 0.15) is 6.04 Å². The Morgan fingerprint density at radius 1 is 1.15 bits per heavy atom. The topological polar surface area (TPSA) is 108 Å². The minimum atomic E-state index is -0.745. The van der Waals surface area contributed by atoms with Gasteiger partial charge in [0.15, 0.2) is 0 Å². The fourth-order valence-electron chi connectivity index (χ4n) is 4.07. The van der Waals surface area contributed by atoms with Crippen LogP contribution in [0.2, 0.25) is 0 Å². The highest BCUT2D eigenvalue weighted by atomic mass is 16.3. The van der Waals surface area contributed by atoms with Gasteiger partial charge >= 0.3 is 0 Å². The number of aliphatic hydroxyl groups is 2. The van der Waals surface area contributed by atoms with E-state index >= 15 is 0 Å². The van der Waals surface area contributed by atoms with E-state index < -0.39 is 18.2 Å². The molecule has 0 radical (unpaired) electrons. The number of likely N-dealkylation sites (tertiary alicyclic amines) is 1. The van der Waals surface area contributed by atoms with Crippen molar-refractivity contribution < 1.29 is 19.8 Å². The van der Waals surface area contributed by atoms with Crippen LogP contribution in [0.5, 0.6) is 0 Å². The Balaban J connectivity index is 0.00000199. The molecule has 0 saturated carbocycles. The lowest BCUT2D eigenvalue weighted by Crippen LogP contribution is -2.49. The van der Waals surface area contributed by atoms with Gasteiger partial charge in [0.25, 0.3) is 0 Å². The number of aryl methyl sites for hydroxylation is 1. The number of nitrogens with zero attached hydrogens (tertiary/aromatic N) is 3. The normalized spacial score (nSPS) is 19.4. The van der Waals surface area contributed by atoms with Crippen molar-refractivity contribution in [3.63, 3.8) is 0 Å². The highest BCUT2D eigenvalue weighted by molar-refractivity contribution is 5.89. The van der Waals surface area contributed by atoms with Gasteiger partial charge in [-0.3, -0.25) is 14.3 Å². The van der Waals surface area contributed by atoms with E-state index in [1.807, 2.05) is 76.6 Å². The fraction of sp³-hybridized carbons (Fsp3) is 0.577. The molecule has 1 aliphatic rings. The smallest absolute Gasteiger partial charge is 0.243 e. The molecule has 1 saturated heterocycles. The molecule has 188 valence electrons. The summed E-state index contributed by atoms with van der Waals surface area (Å²) in [7, 11) is 0. The van der Waals surface area contributed by atoms with Crippen LogP contribution < -0.4 is 5.32 Å². The van der Waals surface area contributed by atoms with Crippen molar-refractivity contribution in [1.29, 1.82) is 0 Å². The maximum absolute atomic E-state index is 13.0. The number of benzene rings is 1. The molecule has 3 N–H and O–H groups in total. The average Bonchev–Trinajstić information content (AvgIpc) is 3.49. The highest BCUT2D eigenvalue weighted by Gasteiger charge is 2.41. The van der Waals surface area contributed by atoms with Gasteiger partial charge < -0.3 is 20.4 Å². The number of hydrogen-bond donors (Lipinski definition) is 3. The van der Waals surface area contributed by atoms with Gasteiger partial charge in [0.2, 0.25) is 11.8 Å². The van der Waals surface area contributed by atoms with E-state index in [0.717, 1.165) is 23.4 Å². The first-order valence-electron chi connectivity index (χ1n) is 12.3. The number of aromatic nitrogens is 2. The highest BCUT2D eigenvalue weighted by Crippen LogP contribution is 2.25. The summed E-state index contributed by atoms with van der Waals surface area (Å²) < 4.78 is 1.90. The molecule has 3 rings (SSSR count). The van der Waals surface area contributed by atoms with Gasteiger partial charge in [-0.25, -0.2) is 0 Å². The standard InChI is InChI=1S/C24H34N4O4.C2H6/c1-5-28-21(10-11-25-28)18-8-6-17(7-9-18)20(14-29)26-23(31)22-12-19(30)13-27(22)24(32)16(4)15(2)3;1-2/h6-11,15-16,19-20,22,29-30H,5,12-14H2,1-4H3,(H,26,31);1-2H3. The monoisotopic (exact) mass is 472 g/mol. The lowest BCUT2D eigenvalue weighted by Gasteiger charge is -2.29. The number of carbonyl (C=O) groups is 2. The van der Waals surface area contributed by atoms with Crippen LogP contribution in [0.4, 0.5) is 0 Å². The molecule has 1 aliphatic heterocycles. The molecule has 0 aliphatic carbocycles. The van der Waals surface area contributed by atoms with E-state index in [0.29, 0.717) is 0 Å². The van der Waals surface area contributed by atoms with Crippen LogP contribution in [-0.4, -0.2) is 62.0 Å². The summed E-state index contributed by atoms with van der Waals surface area (Å²) >= 11 is 0. The number of carbonyl (C=O) groups excluding carboxylic acids is 2. The van der Waals surface area contributed by atoms with E-state index in [2.05, 4.69) is 10.4 Å². The second-order valence-corrected chi connectivity index (χ2v) is 8.83. The van der Waals surface area contributed by atoms with E-state index in [9.17, 15) is 19.8 Å². The van der Waals surface area contributed by atoms with Crippen molar-refractivity contribution in [2.45, 2.75) is 72.7 Å². The zero-order valence-electron chi connectivity index (χ0n) is 21.2. The number of rotatable bonds is 8. The first-order chi connectivity index (χ1) is 16.3. The van der Waals surface area contributed by atoms with E-state index in [4.69, 9.17) is 0 Å². The summed E-state index contributed by atoms with van der Waals surface area (Å²) in [5.74, 6) is -0.600. The van der Waals surface area contributed by atoms with Crippen molar-refractivity contribution >= 4 is 11.8 Å². The molecule has 0 spiro atoms. The van der Waals surface area contributed by atoms with Crippen LogP contribution in [-0.2, 0) is 16.1 Å². The van der Waals surface area contributed by atoms with Gasteiger partial charge in [0, 0.05) is 31.6 Å². The molecule has 1 aromatic carbocycles. The minimum Gasteiger partial charge on any atom is -0.394 e. The molecule has 2 amide bonds. The molecular weight excluding hydrogens is 432 g/mol. The molecule has 8 nitrogen and oxygen atoms in total. The van der Waals surface area contributed by atoms with Crippen molar-refractivity contribution in [1.82, 2.24) is 20.0 Å². The predicted octanol–water partition coefficient (Wildman–Crippen LogP) is 3.00. The Morgan fingerprint density at radius 2 is 1.79 bits per heavy atom. The number of amides is 2. The van der Waals surface area contributed by atoms with Crippen LogP contribution in [0, 0.1) is 11.8 Å². The minimum absolute atomic E-state index is 0.130. The Bertz CT molecular complexity index is 925. The molecule has 4 unspecified atom stereocenters. The average molecular weight is 473 g/mol. The summed E-state index contributed by atoms with van der Waals surface area (Å²) in [5, 5.41) is 27.2. The molecule has 1 aromatic heterocycles. The maximum atomic E-state index is 13.0. The van der Waals surface area contributed by atoms with Gasteiger partial charge in [-0.15, -0.1) is 0 Å². The zero-order chi connectivity index (χ0) is 25.4. The lowest BCUT2D eigenvalue weighted by molar-refractivity contribution is -0.142. The quantitative estimate of drug-likeness (QED) is 0.547. The third kappa shape index (κ3) is 6.24. The first kappa shape index (κ1) is 27.5. The third-order valence-corrected chi connectivity index (χ3v) is 6.38. The Morgan fingerprint density at radius 3 is 2.35 bits per heavy atom. The maximum Gasteiger partial charge on any atom is 0.243 e. The fourth-order valence-corrected chi connectivity index (χ4v) is 4.07. The van der Waals surface area contributed by atoms with Crippen LogP contribution in [0.25, 0.3) is 11.3 Å². The van der Waals surface area contributed by atoms with Gasteiger partial charge in [-0.2, -0.15) is 5.10 Å². The van der Waals surface area contributed by atoms with E-state index in [1.54, 1.807) is 6.20 Å². The van der Waals surface area contributed by atoms with Crippen molar-refractivity contribution in [2.75, 3.05) is 13.2 Å². The molecule has 2 heterocycles. The Labute approximate surface area is 203 Å². The number of nitrogens with one attached hydrogen (secondary N) is 1. The van der Waals surface area contributed by atoms with Gasteiger partial charge in [0.05, 0.1) is 24.4 Å². The molecule has 0 bridgehead atoms. The van der Waals surface area contributed by atoms with Crippen molar-refractivity contribution in [3.05, 3.63) is 42.1 Å². The number of hydrogen-bond acceptors (Lipinski definition) is 5. The summed E-state index contributed by atoms with van der Waals surface area (Å²) in [6.07, 6.45) is 1.22. The van der Waals surface area contributed by atoms with E-state index in [1.165, 1.54) is 4.90 Å². The molecule has 8 heteroatoms. The van der Waals surface area contributed by atoms with Crippen molar-refractivity contribution in [3.8, 4) is 11.3 Å². The van der Waals surface area contributed by atoms with E-state index in [-0.39, 0.29) is 43.2 Å². The first-order valence-corrected chi connectivity index (χ1v) is 12.3. The van der Waals surface area contributed by atoms with Gasteiger partial charge in [-0.05, 0) is 30.0 Å². The number of aliphatic hydroxyl groups excluding tert-OH is 2. The summed E-state index contributed by atoms with van der Waals surface area (Å²) in [5.41, 5.74) is 2.76. The molecular formula is C26H40N4O4. The second kappa shape index (κ2) is 12.7.